The molecule has 0 radical (unpaired) electrons. The molecule has 0 fully saturated rings. The minimum absolute atomic E-state index is 0.323. The van der Waals surface area contributed by atoms with Gasteiger partial charge in [-0.15, -0.1) is 0 Å². The van der Waals surface area contributed by atoms with E-state index in [1.54, 1.807) is 0 Å². The number of rotatable bonds is 3. The van der Waals surface area contributed by atoms with Crippen LogP contribution in [-0.4, -0.2) is 22.1 Å². The molecule has 0 bridgehead atoms. The minimum Gasteiger partial charge on any atom is -0.480 e. The Morgan fingerprint density at radius 2 is 2.20 bits per heavy atom. The van der Waals surface area contributed by atoms with Gasteiger partial charge in [-0.1, -0.05) is 18.2 Å². The smallest absolute Gasteiger partial charge is 0.320 e. The number of H-pyrrole nitrogens is 1. The molecule has 0 spiro atoms. The molecule has 1 atom stereocenters. The van der Waals surface area contributed by atoms with E-state index in [0.717, 1.165) is 16.6 Å². The van der Waals surface area contributed by atoms with Crippen molar-refractivity contribution in [3.8, 4) is 0 Å². The summed E-state index contributed by atoms with van der Waals surface area (Å²) in [7, 11) is 0. The van der Waals surface area contributed by atoms with Gasteiger partial charge in [0.25, 0.3) is 0 Å². The molecule has 4 heteroatoms. The highest BCUT2D eigenvalue weighted by Gasteiger charge is 2.13. The summed E-state index contributed by atoms with van der Waals surface area (Å²) in [5.41, 5.74) is 7.31. The number of fused-ring (bicyclic) bond motifs is 1. The first-order chi connectivity index (χ1) is 7.16. The summed E-state index contributed by atoms with van der Waals surface area (Å²) in [6.07, 6.45) is 0.323. The number of nitrogens with one attached hydrogen (secondary N) is 1. The van der Waals surface area contributed by atoms with Crippen molar-refractivity contribution < 1.29 is 9.90 Å². The Balaban J connectivity index is 2.26. The second kappa shape index (κ2) is 3.74. The van der Waals surface area contributed by atoms with E-state index in [1.165, 1.54) is 0 Å². The zero-order valence-corrected chi connectivity index (χ0v) is 8.10. The highest BCUT2D eigenvalue weighted by molar-refractivity contribution is 5.80. The van der Waals surface area contributed by atoms with Crippen LogP contribution in [0.3, 0.4) is 0 Å². The third-order valence-electron chi connectivity index (χ3n) is 2.34. The van der Waals surface area contributed by atoms with Gasteiger partial charge < -0.3 is 15.8 Å². The van der Waals surface area contributed by atoms with Crippen molar-refractivity contribution in [2.24, 2.45) is 5.73 Å². The third-order valence-corrected chi connectivity index (χ3v) is 2.34. The van der Waals surface area contributed by atoms with Gasteiger partial charge in [0, 0.05) is 17.6 Å². The van der Waals surface area contributed by atoms with Crippen molar-refractivity contribution >= 4 is 16.9 Å². The van der Waals surface area contributed by atoms with Crippen molar-refractivity contribution in [2.45, 2.75) is 12.5 Å². The zero-order valence-electron chi connectivity index (χ0n) is 8.10. The van der Waals surface area contributed by atoms with Gasteiger partial charge in [-0.2, -0.15) is 0 Å². The Morgan fingerprint density at radius 1 is 1.47 bits per heavy atom. The largest absolute Gasteiger partial charge is 0.480 e. The second-order valence-corrected chi connectivity index (χ2v) is 3.53. The van der Waals surface area contributed by atoms with Gasteiger partial charge in [-0.05, 0) is 17.5 Å². The normalized spacial score (nSPS) is 12.9. The number of para-hydroxylation sites is 1. The van der Waals surface area contributed by atoms with E-state index in [9.17, 15) is 4.79 Å². The van der Waals surface area contributed by atoms with Gasteiger partial charge in [0.1, 0.15) is 6.04 Å². The van der Waals surface area contributed by atoms with Crippen LogP contribution >= 0.6 is 0 Å². The Bertz CT molecular complexity index is 457. The lowest BCUT2D eigenvalue weighted by Gasteiger charge is -2.02. The number of aromatic amines is 1. The van der Waals surface area contributed by atoms with Crippen molar-refractivity contribution in [1.29, 1.82) is 0 Å². The Labute approximate surface area is 86.7 Å². The number of carbonyl (C=O) groups is 1. The van der Waals surface area contributed by atoms with E-state index in [2.05, 4.69) is 4.98 Å². The molecule has 15 heavy (non-hydrogen) atoms. The SMILES string of the molecule is N[C@@H](Cc1cc2ccccc2[nH]1)C(=O)O. The van der Waals surface area contributed by atoms with Crippen LogP contribution in [0.2, 0.25) is 0 Å². The predicted molar refractivity (Wildman–Crippen MR) is 57.6 cm³/mol. The number of aliphatic carboxylic acids is 1. The van der Waals surface area contributed by atoms with Crippen molar-refractivity contribution in [3.63, 3.8) is 0 Å². The fraction of sp³-hybridized carbons (Fsp3) is 0.182. The molecule has 0 aliphatic carbocycles. The summed E-state index contributed by atoms with van der Waals surface area (Å²) < 4.78 is 0. The quantitative estimate of drug-likeness (QED) is 0.701. The number of carboxylic acid groups (broad SMARTS) is 1. The molecule has 1 heterocycles. The maximum atomic E-state index is 10.6. The Morgan fingerprint density at radius 3 is 2.87 bits per heavy atom. The lowest BCUT2D eigenvalue weighted by molar-refractivity contribution is -0.138. The van der Waals surface area contributed by atoms with Gasteiger partial charge >= 0.3 is 5.97 Å². The molecule has 1 aromatic carbocycles. The van der Waals surface area contributed by atoms with Crippen molar-refractivity contribution in [2.75, 3.05) is 0 Å². The number of nitrogens with two attached hydrogens (primary N) is 1. The minimum atomic E-state index is -0.978. The average molecular weight is 204 g/mol. The summed E-state index contributed by atoms with van der Waals surface area (Å²) >= 11 is 0. The van der Waals surface area contributed by atoms with E-state index in [-0.39, 0.29) is 0 Å². The molecule has 0 aliphatic heterocycles. The summed E-state index contributed by atoms with van der Waals surface area (Å²) in [5.74, 6) is -0.978. The van der Waals surface area contributed by atoms with Crippen LogP contribution in [0, 0.1) is 0 Å². The summed E-state index contributed by atoms with van der Waals surface area (Å²) in [5, 5.41) is 9.75. The van der Waals surface area contributed by atoms with Crippen LogP contribution < -0.4 is 5.73 Å². The molecule has 2 rings (SSSR count). The van der Waals surface area contributed by atoms with E-state index in [0.29, 0.717) is 6.42 Å². The predicted octanol–water partition coefficient (Wildman–Crippen LogP) is 1.12. The molecule has 0 amide bonds. The van der Waals surface area contributed by atoms with Crippen LogP contribution in [0.15, 0.2) is 30.3 Å². The molecular formula is C11H12N2O2. The van der Waals surface area contributed by atoms with E-state index < -0.39 is 12.0 Å². The number of hydrogen-bond donors (Lipinski definition) is 3. The lowest BCUT2D eigenvalue weighted by atomic mass is 10.1. The topological polar surface area (TPSA) is 79.1 Å². The van der Waals surface area contributed by atoms with Gasteiger partial charge in [0.15, 0.2) is 0 Å². The van der Waals surface area contributed by atoms with Crippen molar-refractivity contribution in [1.82, 2.24) is 4.98 Å². The first-order valence-electron chi connectivity index (χ1n) is 4.72. The van der Waals surface area contributed by atoms with E-state index >= 15 is 0 Å². The third kappa shape index (κ3) is 1.99. The zero-order chi connectivity index (χ0) is 10.8. The molecule has 1 aromatic heterocycles. The van der Waals surface area contributed by atoms with Crippen molar-refractivity contribution in [3.05, 3.63) is 36.0 Å². The van der Waals surface area contributed by atoms with E-state index in [4.69, 9.17) is 10.8 Å². The number of aromatic nitrogens is 1. The molecule has 2 aromatic rings. The first-order valence-corrected chi connectivity index (χ1v) is 4.72. The van der Waals surface area contributed by atoms with Crippen LogP contribution in [0.25, 0.3) is 10.9 Å². The molecular weight excluding hydrogens is 192 g/mol. The van der Waals surface area contributed by atoms with Gasteiger partial charge in [0.05, 0.1) is 0 Å². The van der Waals surface area contributed by atoms with Gasteiger partial charge in [-0.25, -0.2) is 0 Å². The molecule has 0 saturated carbocycles. The lowest BCUT2D eigenvalue weighted by Crippen LogP contribution is -2.32. The Hall–Kier alpha value is -1.81. The van der Waals surface area contributed by atoms with Crippen LogP contribution in [0.5, 0.6) is 0 Å². The molecule has 4 N–H and O–H groups in total. The summed E-state index contributed by atoms with van der Waals surface area (Å²) in [6.45, 7) is 0. The average Bonchev–Trinajstić information content (AvgIpc) is 2.59. The molecule has 0 aliphatic rings. The standard InChI is InChI=1S/C11H12N2O2/c12-9(11(14)15)6-8-5-7-3-1-2-4-10(7)13-8/h1-5,9,13H,6,12H2,(H,14,15)/t9-/m0/s1. The maximum Gasteiger partial charge on any atom is 0.320 e. The maximum absolute atomic E-state index is 10.6. The molecule has 4 nitrogen and oxygen atoms in total. The highest BCUT2D eigenvalue weighted by atomic mass is 16.4. The number of carboxylic acids is 1. The number of hydrogen-bond acceptors (Lipinski definition) is 2. The first kappa shape index (κ1) is 9.73. The monoisotopic (exact) mass is 204 g/mol. The molecule has 0 saturated heterocycles. The Kier molecular flexibility index (Phi) is 2.43. The number of benzene rings is 1. The van der Waals surface area contributed by atoms with Gasteiger partial charge in [-0.3, -0.25) is 4.79 Å². The fourth-order valence-electron chi connectivity index (χ4n) is 1.57. The summed E-state index contributed by atoms with van der Waals surface area (Å²) in [4.78, 5) is 13.7. The van der Waals surface area contributed by atoms with Crippen LogP contribution in [0.4, 0.5) is 0 Å². The van der Waals surface area contributed by atoms with E-state index in [1.807, 2.05) is 30.3 Å². The second-order valence-electron chi connectivity index (χ2n) is 3.53. The molecule has 78 valence electrons. The van der Waals surface area contributed by atoms with Crippen LogP contribution in [-0.2, 0) is 11.2 Å². The molecule has 0 unspecified atom stereocenters. The summed E-state index contributed by atoms with van der Waals surface area (Å²) in [6, 6.07) is 8.87. The van der Waals surface area contributed by atoms with Gasteiger partial charge in [0.2, 0.25) is 0 Å². The van der Waals surface area contributed by atoms with Crippen LogP contribution in [0.1, 0.15) is 5.69 Å². The fourth-order valence-corrected chi connectivity index (χ4v) is 1.57. The highest BCUT2D eigenvalue weighted by Crippen LogP contribution is 2.15.